The zero-order valence-electron chi connectivity index (χ0n) is 17.7. The van der Waals surface area contributed by atoms with E-state index >= 15 is 0 Å². The van der Waals surface area contributed by atoms with Crippen molar-refractivity contribution < 1.29 is 8.42 Å². The molecule has 1 saturated heterocycles. The van der Waals surface area contributed by atoms with Gasteiger partial charge in [-0.2, -0.15) is 0 Å². The van der Waals surface area contributed by atoms with E-state index in [0.717, 1.165) is 40.7 Å². The van der Waals surface area contributed by atoms with Crippen molar-refractivity contribution in [3.63, 3.8) is 0 Å². The monoisotopic (exact) mass is 473 g/mol. The predicted molar refractivity (Wildman–Crippen MR) is 126 cm³/mol. The topological polar surface area (TPSA) is 90.9 Å². The molecule has 10 heteroatoms. The third-order valence-electron chi connectivity index (χ3n) is 6.06. The van der Waals surface area contributed by atoms with Crippen molar-refractivity contribution in [3.8, 4) is 0 Å². The Balaban J connectivity index is 1.60. The number of nitrogens with zero attached hydrogens (tertiary/aromatic N) is 4. The second-order valence-electron chi connectivity index (χ2n) is 8.39. The fraction of sp³-hybridized carbons (Fsp3) is 0.364. The molecular formula is C22H24ClN5O3S. The lowest BCUT2D eigenvalue weighted by Crippen LogP contribution is -2.47. The minimum Gasteiger partial charge on any atom is -0.343 e. The van der Waals surface area contributed by atoms with E-state index in [4.69, 9.17) is 11.6 Å². The van der Waals surface area contributed by atoms with E-state index in [2.05, 4.69) is 14.9 Å². The number of hydrogen-bond acceptors (Lipinski definition) is 5. The second kappa shape index (κ2) is 8.06. The number of benzene rings is 1. The van der Waals surface area contributed by atoms with Gasteiger partial charge in [0, 0.05) is 53.7 Å². The van der Waals surface area contributed by atoms with Crippen LogP contribution in [0.1, 0.15) is 18.2 Å². The predicted octanol–water partition coefficient (Wildman–Crippen LogP) is 2.43. The summed E-state index contributed by atoms with van der Waals surface area (Å²) in [5.41, 5.74) is 3.49. The third-order valence-corrected chi connectivity index (χ3v) is 7.32. The van der Waals surface area contributed by atoms with Gasteiger partial charge in [0.1, 0.15) is 9.84 Å². The largest absolute Gasteiger partial charge is 0.343 e. The fourth-order valence-corrected chi connectivity index (χ4v) is 5.26. The summed E-state index contributed by atoms with van der Waals surface area (Å²) in [4.78, 5) is 17.7. The van der Waals surface area contributed by atoms with Crippen LogP contribution in [0.15, 0.2) is 47.5 Å². The SMILES string of the molecule is CS(=O)(=O)CCCn1c(Cn2c(=O)n(C3CNC3)c3ccncc32)cc2cc(Cl)ccc21. The normalized spacial score (nSPS) is 14.9. The first-order valence-corrected chi connectivity index (χ1v) is 13.0. The summed E-state index contributed by atoms with van der Waals surface area (Å²) >= 11 is 6.21. The lowest BCUT2D eigenvalue weighted by Gasteiger charge is -2.28. The van der Waals surface area contributed by atoms with Crippen molar-refractivity contribution in [2.45, 2.75) is 25.6 Å². The zero-order chi connectivity index (χ0) is 22.5. The molecule has 1 fully saturated rings. The highest BCUT2D eigenvalue weighted by Crippen LogP contribution is 2.26. The summed E-state index contributed by atoms with van der Waals surface area (Å²) in [7, 11) is -3.05. The molecular weight excluding hydrogens is 450 g/mol. The highest BCUT2D eigenvalue weighted by atomic mass is 35.5. The van der Waals surface area contributed by atoms with Gasteiger partial charge in [0.2, 0.25) is 0 Å². The van der Waals surface area contributed by atoms with E-state index < -0.39 is 9.84 Å². The van der Waals surface area contributed by atoms with Gasteiger partial charge in [0.25, 0.3) is 0 Å². The molecule has 0 amide bonds. The number of aromatic nitrogens is 4. The van der Waals surface area contributed by atoms with Crippen molar-refractivity contribution in [1.82, 2.24) is 24.0 Å². The van der Waals surface area contributed by atoms with Crippen LogP contribution < -0.4 is 11.0 Å². The van der Waals surface area contributed by atoms with Crippen molar-refractivity contribution in [3.05, 3.63) is 63.9 Å². The van der Waals surface area contributed by atoms with Crippen molar-refractivity contribution >= 4 is 43.4 Å². The Hall–Kier alpha value is -2.62. The van der Waals surface area contributed by atoms with Gasteiger partial charge in [0.05, 0.1) is 35.6 Å². The Morgan fingerprint density at radius 3 is 2.66 bits per heavy atom. The van der Waals surface area contributed by atoms with Crippen LogP contribution in [0, 0.1) is 0 Å². The van der Waals surface area contributed by atoms with Crippen LogP contribution in [0.5, 0.6) is 0 Å². The molecule has 1 aliphatic rings. The first kappa shape index (κ1) is 21.2. The Morgan fingerprint density at radius 1 is 1.12 bits per heavy atom. The Labute approximate surface area is 190 Å². The van der Waals surface area contributed by atoms with E-state index in [1.807, 2.05) is 34.9 Å². The summed E-state index contributed by atoms with van der Waals surface area (Å²) in [6, 6.07) is 9.70. The third kappa shape index (κ3) is 3.85. The van der Waals surface area contributed by atoms with E-state index in [1.165, 1.54) is 6.26 Å². The van der Waals surface area contributed by atoms with Gasteiger partial charge < -0.3 is 9.88 Å². The van der Waals surface area contributed by atoms with Gasteiger partial charge >= 0.3 is 5.69 Å². The van der Waals surface area contributed by atoms with Gasteiger partial charge in [-0.25, -0.2) is 13.2 Å². The molecule has 1 aliphatic heterocycles. The summed E-state index contributed by atoms with van der Waals surface area (Å²) in [6.07, 6.45) is 5.17. The van der Waals surface area contributed by atoms with E-state index in [0.29, 0.717) is 24.5 Å². The van der Waals surface area contributed by atoms with E-state index in [-0.39, 0.29) is 17.5 Å². The summed E-state index contributed by atoms with van der Waals surface area (Å²) in [5.74, 6) is 0.109. The van der Waals surface area contributed by atoms with Crippen LogP contribution in [0.3, 0.4) is 0 Å². The minimum atomic E-state index is -3.05. The fourth-order valence-electron chi connectivity index (χ4n) is 4.43. The first-order valence-electron chi connectivity index (χ1n) is 10.5. The van der Waals surface area contributed by atoms with Gasteiger partial charge in [0.15, 0.2) is 0 Å². The molecule has 4 heterocycles. The van der Waals surface area contributed by atoms with E-state index in [9.17, 15) is 13.2 Å². The highest BCUT2D eigenvalue weighted by molar-refractivity contribution is 7.90. The molecule has 8 nitrogen and oxygen atoms in total. The molecule has 32 heavy (non-hydrogen) atoms. The van der Waals surface area contributed by atoms with Gasteiger partial charge in [-0.1, -0.05) is 11.6 Å². The average Bonchev–Trinajstić information content (AvgIpc) is 3.16. The number of rotatable bonds is 7. The van der Waals surface area contributed by atoms with E-state index in [1.54, 1.807) is 17.0 Å². The molecule has 0 saturated carbocycles. The number of hydrogen-bond donors (Lipinski definition) is 1. The maximum atomic E-state index is 13.4. The Kier molecular flexibility index (Phi) is 5.35. The highest BCUT2D eigenvalue weighted by Gasteiger charge is 2.25. The first-order chi connectivity index (χ1) is 15.3. The molecule has 0 bridgehead atoms. The van der Waals surface area contributed by atoms with Crippen LogP contribution >= 0.6 is 11.6 Å². The Morgan fingerprint density at radius 2 is 1.94 bits per heavy atom. The molecule has 3 aromatic heterocycles. The number of aryl methyl sites for hydroxylation is 1. The van der Waals surface area contributed by atoms with Crippen molar-refractivity contribution in [2.75, 3.05) is 25.1 Å². The number of fused-ring (bicyclic) bond motifs is 2. The number of halogens is 1. The van der Waals surface area contributed by atoms with Crippen LogP contribution in [0.4, 0.5) is 0 Å². The quantitative estimate of drug-likeness (QED) is 0.445. The van der Waals surface area contributed by atoms with Crippen LogP contribution in [0.2, 0.25) is 5.02 Å². The molecule has 0 aliphatic carbocycles. The molecule has 168 valence electrons. The molecule has 0 radical (unpaired) electrons. The number of sulfone groups is 1. The maximum absolute atomic E-state index is 13.4. The number of imidazole rings is 1. The lowest BCUT2D eigenvalue weighted by atomic mass is 10.2. The molecule has 1 N–H and O–H groups in total. The lowest BCUT2D eigenvalue weighted by molar-refractivity contribution is 0.340. The van der Waals surface area contributed by atoms with Crippen LogP contribution in [0.25, 0.3) is 21.9 Å². The average molecular weight is 474 g/mol. The molecule has 0 atom stereocenters. The summed E-state index contributed by atoms with van der Waals surface area (Å²) < 4.78 is 29.0. The van der Waals surface area contributed by atoms with Gasteiger partial charge in [-0.15, -0.1) is 0 Å². The smallest absolute Gasteiger partial charge is 0.329 e. The molecule has 1 aromatic carbocycles. The summed E-state index contributed by atoms with van der Waals surface area (Å²) in [6.45, 7) is 2.43. The van der Waals surface area contributed by atoms with Gasteiger partial charge in [-0.3, -0.25) is 14.1 Å². The molecule has 0 spiro atoms. The van der Waals surface area contributed by atoms with Crippen molar-refractivity contribution in [2.24, 2.45) is 0 Å². The van der Waals surface area contributed by atoms with Crippen LogP contribution in [-0.4, -0.2) is 52.2 Å². The Bertz CT molecular complexity index is 1480. The number of nitrogens with one attached hydrogen (secondary N) is 1. The minimum absolute atomic E-state index is 0.0644. The number of pyridine rings is 1. The molecule has 0 unspecified atom stereocenters. The zero-order valence-corrected chi connectivity index (χ0v) is 19.2. The molecule has 5 rings (SSSR count). The molecule has 4 aromatic rings. The maximum Gasteiger partial charge on any atom is 0.329 e. The standard InChI is InChI=1S/C22H24ClN5O3S/c1-32(30,31)8-2-7-26-17(10-15-9-16(23)3-4-19(15)26)14-27-21-13-24-6-5-20(21)28(22(27)29)18-11-25-12-18/h3-6,9-10,13,18,25H,2,7-8,11-12,14H2,1H3. The summed E-state index contributed by atoms with van der Waals surface area (Å²) in [5, 5.41) is 4.82. The van der Waals surface area contributed by atoms with Gasteiger partial charge in [-0.05, 0) is 36.8 Å². The van der Waals surface area contributed by atoms with Crippen LogP contribution in [-0.2, 0) is 22.9 Å². The van der Waals surface area contributed by atoms with Crippen molar-refractivity contribution in [1.29, 1.82) is 0 Å². The second-order valence-corrected chi connectivity index (χ2v) is 11.1.